The molecule has 0 saturated carbocycles. The summed E-state index contributed by atoms with van der Waals surface area (Å²) in [5.41, 5.74) is -0.371. The van der Waals surface area contributed by atoms with Gasteiger partial charge in [0.1, 0.15) is 23.7 Å². The van der Waals surface area contributed by atoms with Crippen molar-refractivity contribution in [3.63, 3.8) is 0 Å². The van der Waals surface area contributed by atoms with Crippen molar-refractivity contribution >= 4 is 35.8 Å². The predicted molar refractivity (Wildman–Crippen MR) is 177 cm³/mol. The van der Waals surface area contributed by atoms with Crippen LogP contribution in [0.4, 0.5) is 0 Å². The summed E-state index contributed by atoms with van der Waals surface area (Å²) in [6.07, 6.45) is -4.69. The molecule has 3 aromatic rings. The van der Waals surface area contributed by atoms with Crippen LogP contribution in [0.5, 0.6) is 34.5 Å². The van der Waals surface area contributed by atoms with Crippen molar-refractivity contribution in [1.82, 2.24) is 0 Å². The number of aromatic hydroxyl groups is 2. The van der Waals surface area contributed by atoms with Crippen molar-refractivity contribution in [1.29, 1.82) is 0 Å². The van der Waals surface area contributed by atoms with Crippen molar-refractivity contribution < 1.29 is 72.5 Å². The van der Waals surface area contributed by atoms with E-state index in [-0.39, 0.29) is 33.8 Å². The largest absolute Gasteiger partial charge is 0.508 e. The minimum atomic E-state index is -1.19. The van der Waals surface area contributed by atoms with Gasteiger partial charge in [-0.15, -0.1) is 0 Å². The first kappa shape index (κ1) is 39.5. The van der Waals surface area contributed by atoms with Crippen LogP contribution in [-0.4, -0.2) is 69.4 Å². The summed E-state index contributed by atoms with van der Waals surface area (Å²) in [7, 11) is 0. The van der Waals surface area contributed by atoms with E-state index in [0.29, 0.717) is 0 Å². The topological polar surface area (TPSA) is 218 Å². The lowest BCUT2D eigenvalue weighted by atomic mass is 9.94. The summed E-state index contributed by atoms with van der Waals surface area (Å²) in [4.78, 5) is 75.9. The van der Waals surface area contributed by atoms with Gasteiger partial charge >= 0.3 is 35.8 Å². The molecule has 3 rings (SSSR count). The fraction of sp³-hybridized carbons (Fsp3) is 0.333. The van der Waals surface area contributed by atoms with Gasteiger partial charge in [-0.05, 0) is 56.2 Å². The van der Waals surface area contributed by atoms with Crippen LogP contribution in [0, 0.1) is 0 Å². The van der Waals surface area contributed by atoms with Gasteiger partial charge in [-0.1, -0.05) is 24.3 Å². The third kappa shape index (κ3) is 11.6. The Morgan fingerprint density at radius 3 is 1.12 bits per heavy atom. The first-order valence-corrected chi connectivity index (χ1v) is 15.6. The minimum Gasteiger partial charge on any atom is -0.508 e. The smallest absolute Gasteiger partial charge is 0.315 e. The van der Waals surface area contributed by atoms with Crippen LogP contribution < -0.4 is 18.9 Å². The molecular weight excluding hydrogens is 672 g/mol. The number of aliphatic hydroxyl groups is 1. The zero-order valence-corrected chi connectivity index (χ0v) is 28.7. The van der Waals surface area contributed by atoms with E-state index < -0.39 is 96.4 Å². The van der Waals surface area contributed by atoms with Gasteiger partial charge in [-0.2, -0.15) is 0 Å². The monoisotopic (exact) mass is 710 g/mol. The Bertz CT molecular complexity index is 1780. The molecule has 0 aliphatic rings. The lowest BCUT2D eigenvalue weighted by Gasteiger charge is -2.25. The third-order valence-electron chi connectivity index (χ3n) is 6.63. The van der Waals surface area contributed by atoms with Crippen LogP contribution in [0.2, 0.25) is 0 Å². The quantitative estimate of drug-likeness (QED) is 0.155. The number of phenols is 2. The average molecular weight is 711 g/mol. The maximum absolute atomic E-state index is 13.5. The van der Waals surface area contributed by atoms with E-state index >= 15 is 0 Å². The number of aliphatic hydroxyl groups excluding tert-OH is 1. The number of carbonyl (C=O) groups excluding carboxylic acids is 6. The fourth-order valence-corrected chi connectivity index (χ4v) is 4.80. The van der Waals surface area contributed by atoms with Crippen LogP contribution >= 0.6 is 0 Å². The number of rotatable bonds is 14. The summed E-state index contributed by atoms with van der Waals surface area (Å²) < 4.78 is 33.2. The molecular formula is C36H38O15. The zero-order valence-electron chi connectivity index (χ0n) is 28.7. The number of hydrogen-bond acceptors (Lipinski definition) is 15. The third-order valence-corrected chi connectivity index (χ3v) is 6.63. The van der Waals surface area contributed by atoms with E-state index in [1.54, 1.807) is 0 Å². The Kier molecular flexibility index (Phi) is 13.6. The molecule has 15 heteroatoms. The van der Waals surface area contributed by atoms with E-state index in [1.807, 2.05) is 0 Å². The minimum absolute atomic E-state index is 0.0831. The lowest BCUT2D eigenvalue weighted by Crippen LogP contribution is -2.23. The van der Waals surface area contributed by atoms with E-state index in [9.17, 15) is 44.1 Å². The Morgan fingerprint density at radius 1 is 0.510 bits per heavy atom. The molecule has 15 nitrogen and oxygen atoms in total. The molecule has 0 saturated heterocycles. The van der Waals surface area contributed by atoms with E-state index in [0.717, 1.165) is 20.8 Å². The molecule has 0 radical (unpaired) electrons. The molecule has 0 heterocycles. The molecule has 0 amide bonds. The molecule has 0 bridgehead atoms. The van der Waals surface area contributed by atoms with Crippen LogP contribution in [0.3, 0.4) is 0 Å². The van der Waals surface area contributed by atoms with E-state index in [4.69, 9.17) is 28.4 Å². The molecule has 0 spiro atoms. The van der Waals surface area contributed by atoms with Gasteiger partial charge < -0.3 is 43.7 Å². The average Bonchev–Trinajstić information content (AvgIpc) is 2.99. The number of hydrogen-bond donors (Lipinski definition) is 3. The van der Waals surface area contributed by atoms with Gasteiger partial charge in [0.2, 0.25) is 0 Å². The lowest BCUT2D eigenvalue weighted by molar-refractivity contribution is -0.151. The first-order chi connectivity index (χ1) is 23.9. The van der Waals surface area contributed by atoms with E-state index in [2.05, 4.69) is 0 Å². The van der Waals surface area contributed by atoms with Gasteiger partial charge in [0.25, 0.3) is 0 Å². The number of ether oxygens (including phenoxy) is 6. The Hall–Kier alpha value is -5.96. The zero-order chi connectivity index (χ0) is 38.0. The van der Waals surface area contributed by atoms with Crippen molar-refractivity contribution in [3.05, 3.63) is 48.5 Å². The maximum Gasteiger partial charge on any atom is 0.315 e. The van der Waals surface area contributed by atoms with Crippen LogP contribution in [0.1, 0.15) is 60.8 Å². The second-order valence-corrected chi connectivity index (χ2v) is 11.5. The summed E-state index contributed by atoms with van der Waals surface area (Å²) in [5.74, 6) is -7.80. The molecule has 272 valence electrons. The predicted octanol–water partition coefficient (Wildman–Crippen LogP) is 4.53. The number of esters is 6. The Balaban J connectivity index is 2.53. The van der Waals surface area contributed by atoms with Gasteiger partial charge in [0.15, 0.2) is 23.0 Å². The molecule has 3 aromatic carbocycles. The molecule has 0 aliphatic carbocycles. The van der Waals surface area contributed by atoms with Crippen molar-refractivity contribution in [2.45, 2.75) is 79.1 Å². The molecule has 3 N–H and O–H groups in total. The second kappa shape index (κ2) is 17.6. The normalized spacial score (nSPS) is 12.5. The van der Waals surface area contributed by atoms with Crippen molar-refractivity contribution in [3.8, 4) is 56.8 Å². The van der Waals surface area contributed by atoms with E-state index in [1.165, 1.54) is 69.3 Å². The molecule has 51 heavy (non-hydrogen) atoms. The van der Waals surface area contributed by atoms with Crippen LogP contribution in [0.15, 0.2) is 48.5 Å². The van der Waals surface area contributed by atoms with Crippen molar-refractivity contribution in [2.24, 2.45) is 0 Å². The summed E-state index contributed by atoms with van der Waals surface area (Å²) in [5, 5.41) is 30.1. The molecule has 3 atom stereocenters. The number of carbonyl (C=O) groups is 6. The number of benzene rings is 3. The second-order valence-electron chi connectivity index (χ2n) is 11.5. The van der Waals surface area contributed by atoms with Crippen LogP contribution in [0.25, 0.3) is 22.3 Å². The van der Waals surface area contributed by atoms with Gasteiger partial charge in [0, 0.05) is 20.8 Å². The molecule has 0 fully saturated rings. The number of phenolic OH excluding ortho intramolecular Hbond substituents is 2. The highest BCUT2D eigenvalue weighted by molar-refractivity contribution is 5.99. The van der Waals surface area contributed by atoms with Crippen molar-refractivity contribution in [2.75, 3.05) is 0 Å². The maximum atomic E-state index is 13.5. The summed E-state index contributed by atoms with van der Waals surface area (Å²) in [6.45, 7) is 7.52. The van der Waals surface area contributed by atoms with Gasteiger partial charge in [-0.25, -0.2) is 0 Å². The highest BCUT2D eigenvalue weighted by atomic mass is 16.6. The molecule has 0 unspecified atom stereocenters. The fourth-order valence-electron chi connectivity index (χ4n) is 4.80. The Morgan fingerprint density at radius 2 is 0.824 bits per heavy atom. The highest BCUT2D eigenvalue weighted by Crippen LogP contribution is 2.57. The highest BCUT2D eigenvalue weighted by Gasteiger charge is 2.35. The Labute approximate surface area is 292 Å². The molecule has 0 aromatic heterocycles. The first-order valence-electron chi connectivity index (χ1n) is 15.6. The SMILES string of the molecule is CC(=O)Oc1c(OC(=O)C[C@H](C)OC(C)=O)c(-c2ccc(O)cc2)c(OC(=O)C[C@@H](C)O)c(OC(=O)C[C@H](C)OC(C)=O)c1-c1ccc(O)cc1. The van der Waals surface area contributed by atoms with Crippen LogP contribution in [-0.2, 0) is 38.2 Å². The van der Waals surface area contributed by atoms with Gasteiger partial charge in [-0.3, -0.25) is 28.8 Å². The summed E-state index contributed by atoms with van der Waals surface area (Å²) >= 11 is 0. The summed E-state index contributed by atoms with van der Waals surface area (Å²) in [6, 6.07) is 10.3. The standard InChI is InChI=1S/C36H38O15/c1-18(37)15-28(43)49-36-32(25-9-13-27(42)14-10-25)34(50-29(44)16-19(2)46-21(4)38)33(48-23(6)40)31(24-7-11-26(41)12-8-24)35(36)51-30(45)17-20(3)47-22(5)39/h7-14,18-20,37,41-42H,15-17H2,1-6H3/t18-,19+,20+/m1/s1. The van der Waals surface area contributed by atoms with Gasteiger partial charge in [0.05, 0.1) is 36.5 Å². The molecule has 0 aliphatic heterocycles.